The van der Waals surface area contributed by atoms with E-state index in [1.807, 2.05) is 36.5 Å². The average molecular weight is 415 g/mol. The van der Waals surface area contributed by atoms with Crippen LogP contribution in [0.15, 0.2) is 47.6 Å². The van der Waals surface area contributed by atoms with Crippen LogP contribution in [0.3, 0.4) is 0 Å². The van der Waals surface area contributed by atoms with Crippen LogP contribution in [0.2, 0.25) is 5.02 Å². The Labute approximate surface area is 179 Å². The fourth-order valence-corrected chi connectivity index (χ4v) is 3.47. The van der Waals surface area contributed by atoms with E-state index in [1.54, 1.807) is 0 Å². The number of aliphatic imine (C=N–C) groups is 1. The highest BCUT2D eigenvalue weighted by Crippen LogP contribution is 2.16. The first-order valence-electron chi connectivity index (χ1n) is 10.2. The van der Waals surface area contributed by atoms with Gasteiger partial charge in [0.15, 0.2) is 5.96 Å². The number of anilines is 1. The Hall–Kier alpha value is -2.31. The predicted octanol–water partition coefficient (Wildman–Crippen LogP) is 3.08. The van der Waals surface area contributed by atoms with Crippen molar-refractivity contribution in [3.05, 3.63) is 58.7 Å². The average Bonchev–Trinajstić information content (AvgIpc) is 2.73. The molecular formula is C22H31ClN6. The number of halogens is 1. The third-order valence-corrected chi connectivity index (χ3v) is 5.33. The van der Waals surface area contributed by atoms with E-state index in [9.17, 15) is 0 Å². The highest BCUT2D eigenvalue weighted by Gasteiger charge is 2.15. The van der Waals surface area contributed by atoms with Crippen molar-refractivity contribution in [1.29, 1.82) is 0 Å². The second kappa shape index (κ2) is 10.5. The molecule has 3 rings (SSSR count). The first-order chi connectivity index (χ1) is 14.0. The molecule has 0 radical (unpaired) electrons. The van der Waals surface area contributed by atoms with Crippen molar-refractivity contribution < 1.29 is 0 Å². The van der Waals surface area contributed by atoms with Gasteiger partial charge in [-0.15, -0.1) is 0 Å². The Bertz CT molecular complexity index is 799. The molecule has 1 N–H and O–H groups in total. The lowest BCUT2D eigenvalue weighted by Gasteiger charge is -2.33. The van der Waals surface area contributed by atoms with Crippen molar-refractivity contribution >= 4 is 23.4 Å². The number of pyridine rings is 1. The van der Waals surface area contributed by atoms with Gasteiger partial charge in [0, 0.05) is 57.5 Å². The number of hydrogen-bond acceptors (Lipinski definition) is 4. The Morgan fingerprint density at radius 1 is 1.14 bits per heavy atom. The molecule has 1 fully saturated rings. The van der Waals surface area contributed by atoms with Crippen LogP contribution in [0.4, 0.5) is 5.82 Å². The van der Waals surface area contributed by atoms with E-state index in [2.05, 4.69) is 52.1 Å². The van der Waals surface area contributed by atoms with Crippen LogP contribution in [0.5, 0.6) is 0 Å². The van der Waals surface area contributed by atoms with Crippen molar-refractivity contribution in [2.24, 2.45) is 4.99 Å². The fourth-order valence-electron chi connectivity index (χ4n) is 3.34. The highest BCUT2D eigenvalue weighted by atomic mass is 35.5. The standard InChI is InChI=1S/C22H31ClN6/c1-4-24-22(28(3)17-18-5-7-20(23)8-6-18)26-16-19-9-10-25-21(15-19)29-13-11-27(2)12-14-29/h5-10,15H,4,11-14,16-17H2,1-3H3,(H,24,26). The minimum Gasteiger partial charge on any atom is -0.357 e. The molecule has 29 heavy (non-hydrogen) atoms. The Balaban J connectivity index is 1.66. The molecule has 0 unspecified atom stereocenters. The molecule has 1 aromatic carbocycles. The van der Waals surface area contributed by atoms with Crippen LogP contribution < -0.4 is 10.2 Å². The van der Waals surface area contributed by atoms with E-state index in [4.69, 9.17) is 16.6 Å². The lowest BCUT2D eigenvalue weighted by atomic mass is 10.2. The molecule has 0 atom stereocenters. The van der Waals surface area contributed by atoms with E-state index >= 15 is 0 Å². The van der Waals surface area contributed by atoms with Gasteiger partial charge in [-0.2, -0.15) is 0 Å². The van der Waals surface area contributed by atoms with Gasteiger partial charge in [-0.25, -0.2) is 9.98 Å². The van der Waals surface area contributed by atoms with E-state index in [0.29, 0.717) is 6.54 Å². The summed E-state index contributed by atoms with van der Waals surface area (Å²) in [4.78, 5) is 16.3. The van der Waals surface area contributed by atoms with Gasteiger partial charge in [0.05, 0.1) is 6.54 Å². The Kier molecular flexibility index (Phi) is 7.72. The van der Waals surface area contributed by atoms with Crippen molar-refractivity contribution in [3.63, 3.8) is 0 Å². The van der Waals surface area contributed by atoms with Crippen LogP contribution >= 0.6 is 11.6 Å². The molecule has 2 aromatic rings. The predicted molar refractivity (Wildman–Crippen MR) is 122 cm³/mol. The first kappa shape index (κ1) is 21.4. The quantitative estimate of drug-likeness (QED) is 0.581. The molecule has 0 spiro atoms. The van der Waals surface area contributed by atoms with E-state index in [0.717, 1.165) is 56.1 Å². The van der Waals surface area contributed by atoms with Gasteiger partial charge >= 0.3 is 0 Å². The van der Waals surface area contributed by atoms with Gasteiger partial charge in [-0.1, -0.05) is 23.7 Å². The third-order valence-electron chi connectivity index (χ3n) is 5.08. The second-order valence-corrected chi connectivity index (χ2v) is 7.90. The zero-order chi connectivity index (χ0) is 20.6. The molecule has 1 aliphatic heterocycles. The van der Waals surface area contributed by atoms with Gasteiger partial charge in [-0.05, 0) is 49.4 Å². The molecule has 0 bridgehead atoms. The summed E-state index contributed by atoms with van der Waals surface area (Å²) in [6.45, 7) is 8.48. The molecule has 1 aliphatic rings. The van der Waals surface area contributed by atoms with Crippen molar-refractivity contribution in [2.45, 2.75) is 20.0 Å². The molecule has 0 amide bonds. The molecule has 0 aliphatic carbocycles. The molecule has 1 aromatic heterocycles. The lowest BCUT2D eigenvalue weighted by molar-refractivity contribution is 0.312. The number of likely N-dealkylation sites (N-methyl/N-ethyl adjacent to an activating group) is 1. The summed E-state index contributed by atoms with van der Waals surface area (Å²) in [5.41, 5.74) is 2.37. The maximum Gasteiger partial charge on any atom is 0.194 e. The zero-order valence-corrected chi connectivity index (χ0v) is 18.4. The zero-order valence-electron chi connectivity index (χ0n) is 17.6. The third kappa shape index (κ3) is 6.34. The van der Waals surface area contributed by atoms with Crippen LogP contribution in [0.1, 0.15) is 18.1 Å². The smallest absolute Gasteiger partial charge is 0.194 e. The van der Waals surface area contributed by atoms with E-state index in [1.165, 1.54) is 11.1 Å². The van der Waals surface area contributed by atoms with Crippen LogP contribution in [0, 0.1) is 0 Å². The maximum absolute atomic E-state index is 5.99. The maximum atomic E-state index is 5.99. The summed E-state index contributed by atoms with van der Waals surface area (Å²) in [7, 11) is 4.22. The second-order valence-electron chi connectivity index (χ2n) is 7.47. The first-order valence-corrected chi connectivity index (χ1v) is 10.5. The summed E-state index contributed by atoms with van der Waals surface area (Å²) in [5.74, 6) is 1.94. The number of hydrogen-bond donors (Lipinski definition) is 1. The molecule has 1 saturated heterocycles. The molecule has 156 valence electrons. The number of rotatable bonds is 6. The number of nitrogens with zero attached hydrogens (tertiary/aromatic N) is 5. The summed E-state index contributed by atoms with van der Waals surface area (Å²) in [6.07, 6.45) is 1.89. The minimum absolute atomic E-state index is 0.622. The van der Waals surface area contributed by atoms with Crippen molar-refractivity contribution in [1.82, 2.24) is 20.1 Å². The number of piperazine rings is 1. The topological polar surface area (TPSA) is 47.0 Å². The fraction of sp³-hybridized carbons (Fsp3) is 0.455. The van der Waals surface area contributed by atoms with E-state index < -0.39 is 0 Å². The number of aromatic nitrogens is 1. The molecule has 2 heterocycles. The van der Waals surface area contributed by atoms with Gasteiger partial charge in [0.2, 0.25) is 0 Å². The van der Waals surface area contributed by atoms with Crippen molar-refractivity contribution in [2.75, 3.05) is 51.7 Å². The summed E-state index contributed by atoms with van der Waals surface area (Å²) in [6, 6.07) is 12.2. The van der Waals surface area contributed by atoms with Crippen LogP contribution in [-0.4, -0.2) is 67.6 Å². The highest BCUT2D eigenvalue weighted by molar-refractivity contribution is 6.30. The van der Waals surface area contributed by atoms with Gasteiger partial charge in [-0.3, -0.25) is 0 Å². The SMILES string of the molecule is CCNC(=NCc1ccnc(N2CCN(C)CC2)c1)N(C)Cc1ccc(Cl)cc1. The Morgan fingerprint density at radius 3 is 2.55 bits per heavy atom. The summed E-state index contributed by atoms with van der Waals surface area (Å²) < 4.78 is 0. The summed E-state index contributed by atoms with van der Waals surface area (Å²) in [5, 5.41) is 4.14. The molecule has 6 nitrogen and oxygen atoms in total. The monoisotopic (exact) mass is 414 g/mol. The minimum atomic E-state index is 0.622. The molecule has 7 heteroatoms. The lowest BCUT2D eigenvalue weighted by Crippen LogP contribution is -2.44. The number of benzene rings is 1. The van der Waals surface area contributed by atoms with Gasteiger partial charge in [0.25, 0.3) is 0 Å². The summed E-state index contributed by atoms with van der Waals surface area (Å²) >= 11 is 5.99. The van der Waals surface area contributed by atoms with Crippen LogP contribution in [-0.2, 0) is 13.1 Å². The van der Waals surface area contributed by atoms with Gasteiger partial charge in [0.1, 0.15) is 5.82 Å². The van der Waals surface area contributed by atoms with Crippen molar-refractivity contribution in [3.8, 4) is 0 Å². The Morgan fingerprint density at radius 2 is 1.86 bits per heavy atom. The number of nitrogens with one attached hydrogen (secondary N) is 1. The van der Waals surface area contributed by atoms with E-state index in [-0.39, 0.29) is 0 Å². The normalized spacial score (nSPS) is 15.4. The van der Waals surface area contributed by atoms with Gasteiger partial charge < -0.3 is 20.0 Å². The molecule has 0 saturated carbocycles. The molecular weight excluding hydrogens is 384 g/mol. The van der Waals surface area contributed by atoms with Crippen LogP contribution in [0.25, 0.3) is 0 Å². The number of guanidine groups is 1. The largest absolute Gasteiger partial charge is 0.357 e.